The fourth-order valence-electron chi connectivity index (χ4n) is 0.788. The summed E-state index contributed by atoms with van der Waals surface area (Å²) in [6, 6.07) is 0. The molecule has 0 saturated heterocycles. The van der Waals surface area contributed by atoms with Crippen molar-refractivity contribution < 1.29 is 0 Å². The van der Waals surface area contributed by atoms with Crippen LogP contribution >= 0.6 is 0 Å². The van der Waals surface area contributed by atoms with E-state index in [1.807, 2.05) is 7.05 Å². The van der Waals surface area contributed by atoms with Gasteiger partial charge in [-0.15, -0.1) is 0 Å². The lowest BCUT2D eigenvalue weighted by molar-refractivity contribution is 0.337. The van der Waals surface area contributed by atoms with Crippen LogP contribution in [0.25, 0.3) is 0 Å². The first-order chi connectivity index (χ1) is 4.27. The van der Waals surface area contributed by atoms with Crippen LogP contribution in [0.2, 0.25) is 0 Å². The first-order valence-electron chi connectivity index (χ1n) is 3.73. The molecule has 0 bridgehead atoms. The van der Waals surface area contributed by atoms with Gasteiger partial charge in [0.1, 0.15) is 0 Å². The molecule has 0 fully saturated rings. The molecule has 0 heterocycles. The van der Waals surface area contributed by atoms with Gasteiger partial charge in [-0.25, -0.2) is 0 Å². The third kappa shape index (κ3) is 7.92. The second-order valence-electron chi connectivity index (χ2n) is 2.54. The van der Waals surface area contributed by atoms with Gasteiger partial charge in [-0.1, -0.05) is 26.2 Å². The molecule has 2 nitrogen and oxygen atoms in total. The Morgan fingerprint density at radius 1 is 1.22 bits per heavy atom. The van der Waals surface area contributed by atoms with E-state index < -0.39 is 0 Å². The highest BCUT2D eigenvalue weighted by Gasteiger charge is 1.88. The van der Waals surface area contributed by atoms with Crippen LogP contribution in [0.1, 0.15) is 32.6 Å². The van der Waals surface area contributed by atoms with E-state index in [9.17, 15) is 0 Å². The molecule has 0 aliphatic carbocycles. The molecule has 0 rings (SSSR count). The number of unbranched alkanes of at least 4 members (excludes halogenated alkanes) is 3. The van der Waals surface area contributed by atoms with Gasteiger partial charge in [0.25, 0.3) is 0 Å². The van der Waals surface area contributed by atoms with Crippen LogP contribution in [0.5, 0.6) is 0 Å². The predicted octanol–water partition coefficient (Wildman–Crippen LogP) is 1.37. The molecular formula is C7H18N2. The number of hydrogen-bond donors (Lipinski definition) is 1. The van der Waals surface area contributed by atoms with Crippen molar-refractivity contribution in [1.29, 1.82) is 0 Å². The van der Waals surface area contributed by atoms with Crippen molar-refractivity contribution in [2.24, 2.45) is 5.84 Å². The summed E-state index contributed by atoms with van der Waals surface area (Å²) in [6.45, 7) is 3.24. The number of rotatable bonds is 5. The zero-order valence-corrected chi connectivity index (χ0v) is 6.56. The van der Waals surface area contributed by atoms with Gasteiger partial charge in [-0.3, -0.25) is 10.9 Å². The molecule has 2 N–H and O–H groups in total. The standard InChI is InChI=1S/C7H18N2/c1-3-4-5-6-7-9(2)8/h3-8H2,1-2H3. The van der Waals surface area contributed by atoms with Crippen LogP contribution in [-0.4, -0.2) is 18.6 Å². The summed E-state index contributed by atoms with van der Waals surface area (Å²) in [6.07, 6.45) is 5.20. The van der Waals surface area contributed by atoms with Crippen LogP contribution in [0.3, 0.4) is 0 Å². The molecule has 56 valence electrons. The summed E-state index contributed by atoms with van der Waals surface area (Å²) in [5, 5.41) is 1.75. The van der Waals surface area contributed by atoms with E-state index in [0.29, 0.717) is 0 Å². The van der Waals surface area contributed by atoms with Crippen molar-refractivity contribution in [3.05, 3.63) is 0 Å². The third-order valence-electron chi connectivity index (χ3n) is 1.36. The van der Waals surface area contributed by atoms with Crippen LogP contribution in [0, 0.1) is 0 Å². The first-order valence-corrected chi connectivity index (χ1v) is 3.73. The van der Waals surface area contributed by atoms with Gasteiger partial charge in [0, 0.05) is 13.6 Å². The molecule has 0 spiro atoms. The monoisotopic (exact) mass is 130 g/mol. The SMILES string of the molecule is CCCCCCN(C)N. The molecule has 0 amide bonds. The largest absolute Gasteiger partial charge is 0.269 e. The van der Waals surface area contributed by atoms with Gasteiger partial charge in [-0.2, -0.15) is 0 Å². The van der Waals surface area contributed by atoms with Crippen molar-refractivity contribution in [2.75, 3.05) is 13.6 Å². The molecule has 0 aromatic heterocycles. The second kappa shape index (κ2) is 6.05. The molecule has 0 aromatic rings. The van der Waals surface area contributed by atoms with Gasteiger partial charge < -0.3 is 0 Å². The van der Waals surface area contributed by atoms with Gasteiger partial charge in [-0.05, 0) is 6.42 Å². The Bertz CT molecular complexity index is 52.9. The lowest BCUT2D eigenvalue weighted by Crippen LogP contribution is -2.26. The van der Waals surface area contributed by atoms with Gasteiger partial charge in [0.15, 0.2) is 0 Å². The minimum absolute atomic E-state index is 1.03. The number of hydrazine groups is 1. The van der Waals surface area contributed by atoms with Crippen molar-refractivity contribution in [1.82, 2.24) is 5.01 Å². The van der Waals surface area contributed by atoms with E-state index in [1.165, 1.54) is 25.7 Å². The normalized spacial score (nSPS) is 10.7. The molecule has 9 heavy (non-hydrogen) atoms. The smallest absolute Gasteiger partial charge is 0.0125 e. The van der Waals surface area contributed by atoms with Crippen molar-refractivity contribution in [3.8, 4) is 0 Å². The van der Waals surface area contributed by atoms with Crippen molar-refractivity contribution in [2.45, 2.75) is 32.6 Å². The summed E-state index contributed by atoms with van der Waals surface area (Å²) < 4.78 is 0. The average molecular weight is 130 g/mol. The Kier molecular flexibility index (Phi) is 5.99. The van der Waals surface area contributed by atoms with E-state index in [1.54, 1.807) is 5.01 Å². The highest BCUT2D eigenvalue weighted by molar-refractivity contribution is 4.42. The van der Waals surface area contributed by atoms with Gasteiger partial charge in [0.2, 0.25) is 0 Å². The summed E-state index contributed by atoms with van der Waals surface area (Å²) >= 11 is 0. The van der Waals surface area contributed by atoms with Crippen LogP contribution in [-0.2, 0) is 0 Å². The Balaban J connectivity index is 2.75. The quantitative estimate of drug-likeness (QED) is 0.346. The highest BCUT2D eigenvalue weighted by atomic mass is 15.4. The lowest BCUT2D eigenvalue weighted by Gasteiger charge is -2.07. The van der Waals surface area contributed by atoms with Crippen LogP contribution in [0.4, 0.5) is 0 Å². The van der Waals surface area contributed by atoms with Crippen LogP contribution in [0.15, 0.2) is 0 Å². The minimum Gasteiger partial charge on any atom is -0.269 e. The summed E-state index contributed by atoms with van der Waals surface area (Å²) in [5.74, 6) is 5.41. The molecule has 0 unspecified atom stereocenters. The van der Waals surface area contributed by atoms with E-state index in [4.69, 9.17) is 5.84 Å². The van der Waals surface area contributed by atoms with Crippen LogP contribution < -0.4 is 5.84 Å². The van der Waals surface area contributed by atoms with Gasteiger partial charge >= 0.3 is 0 Å². The number of nitrogens with two attached hydrogens (primary N) is 1. The third-order valence-corrected chi connectivity index (χ3v) is 1.36. The molecular weight excluding hydrogens is 112 g/mol. The zero-order chi connectivity index (χ0) is 7.11. The maximum absolute atomic E-state index is 5.41. The fraction of sp³-hybridized carbons (Fsp3) is 1.00. The fourth-order valence-corrected chi connectivity index (χ4v) is 0.788. The molecule has 0 aromatic carbocycles. The predicted molar refractivity (Wildman–Crippen MR) is 41.0 cm³/mol. The topological polar surface area (TPSA) is 29.3 Å². The summed E-state index contributed by atoms with van der Waals surface area (Å²) in [7, 11) is 1.91. The van der Waals surface area contributed by atoms with E-state index >= 15 is 0 Å². The minimum atomic E-state index is 1.03. The summed E-state index contributed by atoms with van der Waals surface area (Å²) in [4.78, 5) is 0. The first kappa shape index (κ1) is 8.92. The summed E-state index contributed by atoms with van der Waals surface area (Å²) in [5.41, 5.74) is 0. The van der Waals surface area contributed by atoms with E-state index in [-0.39, 0.29) is 0 Å². The van der Waals surface area contributed by atoms with Crippen molar-refractivity contribution in [3.63, 3.8) is 0 Å². The lowest BCUT2D eigenvalue weighted by atomic mass is 10.2. The molecule has 0 aliphatic heterocycles. The van der Waals surface area contributed by atoms with E-state index in [2.05, 4.69) is 6.92 Å². The maximum Gasteiger partial charge on any atom is 0.0125 e. The van der Waals surface area contributed by atoms with Gasteiger partial charge in [0.05, 0.1) is 0 Å². The Hall–Kier alpha value is -0.0800. The second-order valence-corrected chi connectivity index (χ2v) is 2.54. The average Bonchev–Trinajstić information content (AvgIpc) is 1.80. The number of hydrogen-bond acceptors (Lipinski definition) is 2. The molecule has 2 heteroatoms. The molecule has 0 atom stereocenters. The Morgan fingerprint density at radius 2 is 1.89 bits per heavy atom. The molecule has 0 aliphatic rings. The number of nitrogens with zero attached hydrogens (tertiary/aromatic N) is 1. The van der Waals surface area contributed by atoms with E-state index in [0.717, 1.165) is 6.54 Å². The Labute approximate surface area is 58.0 Å². The zero-order valence-electron chi connectivity index (χ0n) is 6.56. The molecule has 0 radical (unpaired) electrons. The maximum atomic E-state index is 5.41. The Morgan fingerprint density at radius 3 is 2.33 bits per heavy atom. The molecule has 0 saturated carbocycles. The highest BCUT2D eigenvalue weighted by Crippen LogP contribution is 1.97. The van der Waals surface area contributed by atoms with Crippen molar-refractivity contribution >= 4 is 0 Å².